The fourth-order valence-corrected chi connectivity index (χ4v) is 2.21. The molecule has 0 fully saturated rings. The smallest absolute Gasteiger partial charge is 0.274 e. The summed E-state index contributed by atoms with van der Waals surface area (Å²) >= 11 is 3.37. The average Bonchev–Trinajstić information content (AvgIpc) is 2.39. The molecule has 4 heteroatoms. The van der Waals surface area contributed by atoms with Crippen molar-refractivity contribution in [2.75, 3.05) is 0 Å². The number of benzene rings is 2. The molecule has 0 unspecified atom stereocenters. The maximum absolute atomic E-state index is 12.0. The second kappa shape index (κ2) is 4.38. The van der Waals surface area contributed by atoms with Crippen molar-refractivity contribution in [3.63, 3.8) is 0 Å². The minimum absolute atomic E-state index is 0.174. The molecular weight excluding hydrogens is 292 g/mol. The SMILES string of the molecule is O=c1[nH]c2cc(Br)ccc2nc1-c1ccccc1. The molecule has 0 saturated heterocycles. The fourth-order valence-electron chi connectivity index (χ4n) is 1.85. The average molecular weight is 301 g/mol. The zero-order valence-corrected chi connectivity index (χ0v) is 10.9. The van der Waals surface area contributed by atoms with Gasteiger partial charge in [0, 0.05) is 10.0 Å². The number of hydrogen-bond donors (Lipinski definition) is 1. The van der Waals surface area contributed by atoms with E-state index in [0.29, 0.717) is 5.69 Å². The Hall–Kier alpha value is -1.94. The van der Waals surface area contributed by atoms with Crippen molar-refractivity contribution in [2.24, 2.45) is 0 Å². The van der Waals surface area contributed by atoms with Gasteiger partial charge in [0.15, 0.2) is 0 Å². The molecule has 18 heavy (non-hydrogen) atoms. The Bertz CT molecular complexity index is 766. The molecule has 0 amide bonds. The van der Waals surface area contributed by atoms with E-state index in [1.165, 1.54) is 0 Å². The maximum atomic E-state index is 12.0. The standard InChI is InChI=1S/C14H9BrN2O/c15-10-6-7-11-12(8-10)17-14(18)13(16-11)9-4-2-1-3-5-9/h1-8H,(H,17,18). The summed E-state index contributed by atoms with van der Waals surface area (Å²) < 4.78 is 0.917. The van der Waals surface area contributed by atoms with Gasteiger partial charge in [-0.05, 0) is 18.2 Å². The first-order valence-electron chi connectivity index (χ1n) is 5.49. The summed E-state index contributed by atoms with van der Waals surface area (Å²) in [5.41, 5.74) is 2.60. The van der Waals surface area contributed by atoms with Crippen LogP contribution in [-0.2, 0) is 0 Å². The molecule has 88 valence electrons. The Morgan fingerprint density at radius 3 is 2.61 bits per heavy atom. The van der Waals surface area contributed by atoms with Crippen LogP contribution in [0, 0.1) is 0 Å². The molecule has 3 rings (SSSR count). The van der Waals surface area contributed by atoms with E-state index in [9.17, 15) is 4.79 Å². The lowest BCUT2D eigenvalue weighted by Gasteiger charge is -2.02. The molecule has 0 aliphatic heterocycles. The van der Waals surface area contributed by atoms with Gasteiger partial charge >= 0.3 is 0 Å². The highest BCUT2D eigenvalue weighted by atomic mass is 79.9. The molecule has 1 N–H and O–H groups in total. The predicted molar refractivity (Wildman–Crippen MR) is 75.5 cm³/mol. The van der Waals surface area contributed by atoms with Crippen molar-refractivity contribution in [2.45, 2.75) is 0 Å². The minimum atomic E-state index is -0.174. The van der Waals surface area contributed by atoms with Crippen LogP contribution in [-0.4, -0.2) is 9.97 Å². The number of nitrogens with one attached hydrogen (secondary N) is 1. The van der Waals surface area contributed by atoms with E-state index in [2.05, 4.69) is 25.9 Å². The Kier molecular flexibility index (Phi) is 2.72. The van der Waals surface area contributed by atoms with E-state index in [1.54, 1.807) is 0 Å². The van der Waals surface area contributed by atoms with Crippen LogP contribution in [0.3, 0.4) is 0 Å². The van der Waals surface area contributed by atoms with Crippen LogP contribution in [0.4, 0.5) is 0 Å². The summed E-state index contributed by atoms with van der Waals surface area (Å²) in [6.07, 6.45) is 0. The van der Waals surface area contributed by atoms with Gasteiger partial charge in [0.05, 0.1) is 11.0 Å². The number of fused-ring (bicyclic) bond motifs is 1. The number of rotatable bonds is 1. The second-order valence-electron chi connectivity index (χ2n) is 3.94. The number of nitrogens with zero attached hydrogens (tertiary/aromatic N) is 1. The molecule has 0 radical (unpaired) electrons. The van der Waals surface area contributed by atoms with Crippen LogP contribution >= 0.6 is 15.9 Å². The van der Waals surface area contributed by atoms with Crippen LogP contribution in [0.5, 0.6) is 0 Å². The highest BCUT2D eigenvalue weighted by Gasteiger charge is 2.06. The Balaban J connectivity index is 2.29. The van der Waals surface area contributed by atoms with Crippen LogP contribution in [0.1, 0.15) is 0 Å². The largest absolute Gasteiger partial charge is 0.319 e. The summed E-state index contributed by atoms with van der Waals surface area (Å²) in [5, 5.41) is 0. The Morgan fingerprint density at radius 2 is 1.83 bits per heavy atom. The quantitative estimate of drug-likeness (QED) is 0.749. The highest BCUT2D eigenvalue weighted by Crippen LogP contribution is 2.18. The molecule has 3 aromatic rings. The van der Waals surface area contributed by atoms with Crippen molar-refractivity contribution in [1.29, 1.82) is 0 Å². The minimum Gasteiger partial charge on any atom is -0.319 e. The molecule has 2 aromatic carbocycles. The van der Waals surface area contributed by atoms with E-state index >= 15 is 0 Å². The second-order valence-corrected chi connectivity index (χ2v) is 4.86. The van der Waals surface area contributed by atoms with Gasteiger partial charge in [-0.2, -0.15) is 0 Å². The first-order chi connectivity index (χ1) is 8.74. The first kappa shape index (κ1) is 11.2. The topological polar surface area (TPSA) is 45.8 Å². The Morgan fingerprint density at radius 1 is 1.06 bits per heavy atom. The van der Waals surface area contributed by atoms with Crippen molar-refractivity contribution >= 4 is 27.0 Å². The molecule has 0 aliphatic rings. The van der Waals surface area contributed by atoms with Crippen molar-refractivity contribution in [1.82, 2.24) is 9.97 Å². The monoisotopic (exact) mass is 300 g/mol. The summed E-state index contributed by atoms with van der Waals surface area (Å²) in [5.74, 6) is 0. The molecule has 1 aromatic heterocycles. The predicted octanol–water partition coefficient (Wildman–Crippen LogP) is 3.35. The molecule has 0 spiro atoms. The molecule has 0 bridgehead atoms. The van der Waals surface area contributed by atoms with Crippen molar-refractivity contribution in [3.8, 4) is 11.3 Å². The number of aromatic nitrogens is 2. The lowest BCUT2D eigenvalue weighted by molar-refractivity contribution is 1.22. The molecule has 0 aliphatic carbocycles. The van der Waals surface area contributed by atoms with Gasteiger partial charge in [-0.1, -0.05) is 46.3 Å². The van der Waals surface area contributed by atoms with E-state index in [1.807, 2.05) is 48.5 Å². The maximum Gasteiger partial charge on any atom is 0.274 e. The summed E-state index contributed by atoms with van der Waals surface area (Å²) in [7, 11) is 0. The molecular formula is C14H9BrN2O. The van der Waals surface area contributed by atoms with Gasteiger partial charge < -0.3 is 4.98 Å². The van der Waals surface area contributed by atoms with Gasteiger partial charge in [0.25, 0.3) is 5.56 Å². The zero-order valence-electron chi connectivity index (χ0n) is 9.35. The summed E-state index contributed by atoms with van der Waals surface area (Å²) in [6.45, 7) is 0. The van der Waals surface area contributed by atoms with Gasteiger partial charge in [0.1, 0.15) is 5.69 Å². The van der Waals surface area contributed by atoms with E-state index in [0.717, 1.165) is 21.1 Å². The van der Waals surface area contributed by atoms with Crippen molar-refractivity contribution in [3.05, 3.63) is 63.4 Å². The molecule has 0 atom stereocenters. The molecule has 1 heterocycles. The van der Waals surface area contributed by atoms with Gasteiger partial charge in [-0.3, -0.25) is 4.79 Å². The zero-order chi connectivity index (χ0) is 12.5. The number of H-pyrrole nitrogens is 1. The highest BCUT2D eigenvalue weighted by molar-refractivity contribution is 9.10. The van der Waals surface area contributed by atoms with Crippen LogP contribution < -0.4 is 5.56 Å². The van der Waals surface area contributed by atoms with Gasteiger partial charge in [0.2, 0.25) is 0 Å². The Labute approximate surface area is 112 Å². The lowest BCUT2D eigenvalue weighted by Crippen LogP contribution is -2.11. The lowest BCUT2D eigenvalue weighted by atomic mass is 10.1. The van der Waals surface area contributed by atoms with E-state index < -0.39 is 0 Å². The van der Waals surface area contributed by atoms with Crippen LogP contribution in [0.2, 0.25) is 0 Å². The van der Waals surface area contributed by atoms with Crippen molar-refractivity contribution < 1.29 is 0 Å². The van der Waals surface area contributed by atoms with Crippen LogP contribution in [0.25, 0.3) is 22.3 Å². The van der Waals surface area contributed by atoms with Crippen LogP contribution in [0.15, 0.2) is 57.8 Å². The fraction of sp³-hybridized carbons (Fsp3) is 0. The first-order valence-corrected chi connectivity index (χ1v) is 6.28. The normalized spacial score (nSPS) is 10.7. The molecule has 0 saturated carbocycles. The number of aromatic amines is 1. The summed E-state index contributed by atoms with van der Waals surface area (Å²) in [6, 6.07) is 15.1. The van der Waals surface area contributed by atoms with Gasteiger partial charge in [-0.25, -0.2) is 4.98 Å². The molecule has 3 nitrogen and oxygen atoms in total. The third-order valence-electron chi connectivity index (χ3n) is 2.70. The van der Waals surface area contributed by atoms with Gasteiger partial charge in [-0.15, -0.1) is 0 Å². The number of hydrogen-bond acceptors (Lipinski definition) is 2. The summed E-state index contributed by atoms with van der Waals surface area (Å²) in [4.78, 5) is 19.3. The third kappa shape index (κ3) is 1.95. The van der Waals surface area contributed by atoms with E-state index in [-0.39, 0.29) is 5.56 Å². The van der Waals surface area contributed by atoms with E-state index in [4.69, 9.17) is 0 Å². The third-order valence-corrected chi connectivity index (χ3v) is 3.19. The number of halogens is 1.